The van der Waals surface area contributed by atoms with E-state index in [2.05, 4.69) is 26.6 Å². The monoisotopic (exact) mass is 433 g/mol. The highest BCUT2D eigenvalue weighted by molar-refractivity contribution is 9.10. The molecule has 1 atom stereocenters. The molecule has 7 heteroatoms. The highest BCUT2D eigenvalue weighted by atomic mass is 79.9. The minimum Gasteiger partial charge on any atom is -0.492 e. The lowest BCUT2D eigenvalue weighted by atomic mass is 10.2. The molecule has 2 amide bonds. The summed E-state index contributed by atoms with van der Waals surface area (Å²) in [6, 6.07) is 14.2. The number of carbonyl (C=O) groups excluding carboxylic acids is 2. The Bertz CT molecular complexity index is 798. The second-order valence-corrected chi connectivity index (χ2v) is 6.89. The van der Waals surface area contributed by atoms with Crippen LogP contribution in [0.15, 0.2) is 53.0 Å². The first-order valence-electron chi connectivity index (χ1n) is 8.69. The highest BCUT2D eigenvalue weighted by Gasteiger charge is 2.21. The van der Waals surface area contributed by atoms with Crippen LogP contribution < -0.4 is 15.4 Å². The van der Waals surface area contributed by atoms with Crippen LogP contribution in [0.4, 0.5) is 11.4 Å². The van der Waals surface area contributed by atoms with Gasteiger partial charge in [-0.15, -0.1) is 0 Å². The van der Waals surface area contributed by atoms with Crippen LogP contribution in [0.1, 0.15) is 13.8 Å². The molecule has 0 saturated heterocycles. The molecule has 0 bridgehead atoms. The van der Waals surface area contributed by atoms with E-state index in [1.54, 1.807) is 31.0 Å². The molecule has 2 aromatic rings. The first-order chi connectivity index (χ1) is 12.9. The Hall–Kier alpha value is -2.38. The minimum absolute atomic E-state index is 0.0863. The lowest BCUT2D eigenvalue weighted by Gasteiger charge is -2.24. The summed E-state index contributed by atoms with van der Waals surface area (Å²) in [6.07, 6.45) is 0. The summed E-state index contributed by atoms with van der Waals surface area (Å²) >= 11 is 3.40. The van der Waals surface area contributed by atoms with Gasteiger partial charge < -0.3 is 15.4 Å². The molecule has 2 N–H and O–H groups in total. The van der Waals surface area contributed by atoms with Crippen LogP contribution in [0.2, 0.25) is 0 Å². The predicted molar refractivity (Wildman–Crippen MR) is 111 cm³/mol. The second kappa shape index (κ2) is 10.1. The van der Waals surface area contributed by atoms with Crippen molar-refractivity contribution >= 4 is 39.1 Å². The topological polar surface area (TPSA) is 70.7 Å². The van der Waals surface area contributed by atoms with Gasteiger partial charge in [0, 0.05) is 4.47 Å². The number of halogens is 1. The van der Waals surface area contributed by atoms with Crippen molar-refractivity contribution in [3.63, 3.8) is 0 Å². The number of rotatable bonds is 8. The molecule has 0 radical (unpaired) electrons. The maximum absolute atomic E-state index is 12.6. The van der Waals surface area contributed by atoms with E-state index in [1.165, 1.54) is 0 Å². The number of nitrogens with one attached hydrogen (secondary N) is 2. The van der Waals surface area contributed by atoms with Crippen LogP contribution in [0.5, 0.6) is 5.75 Å². The Morgan fingerprint density at radius 2 is 1.70 bits per heavy atom. The Morgan fingerprint density at radius 3 is 2.37 bits per heavy atom. The maximum Gasteiger partial charge on any atom is 0.241 e. The molecule has 144 valence electrons. The SMILES string of the molecule is CCOc1ccccc1NC(=O)C(C)N(C)CC(=O)Nc1ccccc1Br. The van der Waals surface area contributed by atoms with Crippen LogP contribution in [0.3, 0.4) is 0 Å². The molecule has 2 aromatic carbocycles. The van der Waals surface area contributed by atoms with Gasteiger partial charge in [-0.25, -0.2) is 0 Å². The van der Waals surface area contributed by atoms with Gasteiger partial charge in [0.05, 0.1) is 30.6 Å². The number of likely N-dealkylation sites (N-methyl/N-ethyl adjacent to an activating group) is 1. The quantitative estimate of drug-likeness (QED) is 0.664. The van der Waals surface area contributed by atoms with Gasteiger partial charge in [0.1, 0.15) is 5.75 Å². The van der Waals surface area contributed by atoms with Crippen LogP contribution in [0.25, 0.3) is 0 Å². The lowest BCUT2D eigenvalue weighted by Crippen LogP contribution is -2.43. The lowest BCUT2D eigenvalue weighted by molar-refractivity contribution is -0.122. The van der Waals surface area contributed by atoms with Crippen molar-refractivity contribution in [2.24, 2.45) is 0 Å². The van der Waals surface area contributed by atoms with Gasteiger partial charge in [-0.1, -0.05) is 24.3 Å². The fourth-order valence-electron chi connectivity index (χ4n) is 2.40. The molecule has 27 heavy (non-hydrogen) atoms. The molecular formula is C20H24BrN3O3. The molecule has 0 saturated carbocycles. The van der Waals surface area contributed by atoms with E-state index < -0.39 is 6.04 Å². The van der Waals surface area contributed by atoms with E-state index in [0.717, 1.165) is 4.47 Å². The van der Waals surface area contributed by atoms with E-state index >= 15 is 0 Å². The van der Waals surface area contributed by atoms with Gasteiger partial charge >= 0.3 is 0 Å². The molecule has 0 heterocycles. The summed E-state index contributed by atoms with van der Waals surface area (Å²) in [4.78, 5) is 26.5. The molecule has 0 aliphatic carbocycles. The molecule has 1 unspecified atom stereocenters. The molecule has 2 rings (SSSR count). The molecule has 6 nitrogen and oxygen atoms in total. The van der Waals surface area contributed by atoms with Crippen LogP contribution >= 0.6 is 15.9 Å². The van der Waals surface area contributed by atoms with Crippen molar-refractivity contribution in [1.82, 2.24) is 4.90 Å². The second-order valence-electron chi connectivity index (χ2n) is 6.04. The maximum atomic E-state index is 12.6. The zero-order chi connectivity index (χ0) is 19.8. The predicted octanol–water partition coefficient (Wildman–Crippen LogP) is 3.75. The number of amides is 2. The largest absolute Gasteiger partial charge is 0.492 e. The first-order valence-corrected chi connectivity index (χ1v) is 9.49. The number of nitrogens with zero attached hydrogens (tertiary/aromatic N) is 1. The number of anilines is 2. The van der Waals surface area contributed by atoms with Crippen molar-refractivity contribution < 1.29 is 14.3 Å². The van der Waals surface area contributed by atoms with E-state index in [9.17, 15) is 9.59 Å². The van der Waals surface area contributed by atoms with Gasteiger partial charge in [-0.2, -0.15) is 0 Å². The summed E-state index contributed by atoms with van der Waals surface area (Å²) < 4.78 is 6.33. The molecule has 0 spiro atoms. The molecule has 0 aliphatic rings. The summed E-state index contributed by atoms with van der Waals surface area (Å²) in [5, 5.41) is 5.69. The minimum atomic E-state index is -0.496. The van der Waals surface area contributed by atoms with Crippen molar-refractivity contribution in [1.29, 1.82) is 0 Å². The Kier molecular flexibility index (Phi) is 7.82. The number of para-hydroxylation sites is 3. The van der Waals surface area contributed by atoms with Crippen molar-refractivity contribution in [3.05, 3.63) is 53.0 Å². The third-order valence-corrected chi connectivity index (χ3v) is 4.72. The Balaban J connectivity index is 1.94. The van der Waals surface area contributed by atoms with Crippen LogP contribution in [0, 0.1) is 0 Å². The smallest absolute Gasteiger partial charge is 0.241 e. The van der Waals surface area contributed by atoms with Crippen molar-refractivity contribution in [2.75, 3.05) is 30.8 Å². The van der Waals surface area contributed by atoms with Gasteiger partial charge in [0.2, 0.25) is 11.8 Å². The highest BCUT2D eigenvalue weighted by Crippen LogP contribution is 2.24. The summed E-state index contributed by atoms with van der Waals surface area (Å²) in [6.45, 7) is 4.24. The average molecular weight is 434 g/mol. The van der Waals surface area contributed by atoms with E-state index in [0.29, 0.717) is 23.7 Å². The molecule has 0 aliphatic heterocycles. The third kappa shape index (κ3) is 6.08. The Labute approximate surface area is 168 Å². The normalized spacial score (nSPS) is 11.7. The van der Waals surface area contributed by atoms with E-state index in [1.807, 2.05) is 43.3 Å². The van der Waals surface area contributed by atoms with Gasteiger partial charge in [0.25, 0.3) is 0 Å². The number of ether oxygens (including phenoxy) is 1. The number of hydrogen-bond acceptors (Lipinski definition) is 4. The number of benzene rings is 2. The molecular weight excluding hydrogens is 410 g/mol. The fraction of sp³-hybridized carbons (Fsp3) is 0.300. The van der Waals surface area contributed by atoms with Gasteiger partial charge in [-0.3, -0.25) is 14.5 Å². The average Bonchev–Trinajstić information content (AvgIpc) is 2.64. The van der Waals surface area contributed by atoms with E-state index in [4.69, 9.17) is 4.74 Å². The summed E-state index contributed by atoms with van der Waals surface area (Å²) in [5.74, 6) is 0.215. The van der Waals surface area contributed by atoms with E-state index in [-0.39, 0.29) is 18.4 Å². The van der Waals surface area contributed by atoms with Crippen molar-refractivity contribution in [2.45, 2.75) is 19.9 Å². The van der Waals surface area contributed by atoms with Crippen LogP contribution in [-0.2, 0) is 9.59 Å². The fourth-order valence-corrected chi connectivity index (χ4v) is 2.79. The summed E-state index contributed by atoms with van der Waals surface area (Å²) in [5.41, 5.74) is 1.31. The van der Waals surface area contributed by atoms with Crippen molar-refractivity contribution in [3.8, 4) is 5.75 Å². The standard InChI is InChI=1S/C20H24BrN3O3/c1-4-27-18-12-8-7-11-17(18)23-20(26)14(2)24(3)13-19(25)22-16-10-6-5-9-15(16)21/h5-12,14H,4,13H2,1-3H3,(H,22,25)(H,23,26). The Morgan fingerprint density at radius 1 is 1.07 bits per heavy atom. The molecule has 0 aromatic heterocycles. The van der Waals surface area contributed by atoms with Gasteiger partial charge in [0.15, 0.2) is 0 Å². The zero-order valence-corrected chi connectivity index (χ0v) is 17.2. The first kappa shape index (κ1) is 20.9. The van der Waals surface area contributed by atoms with Gasteiger partial charge in [-0.05, 0) is 61.1 Å². The number of hydrogen-bond donors (Lipinski definition) is 2. The third-order valence-electron chi connectivity index (χ3n) is 4.03. The van der Waals surface area contributed by atoms with Crippen LogP contribution in [-0.4, -0.2) is 43.0 Å². The molecule has 0 fully saturated rings. The number of carbonyl (C=O) groups is 2. The zero-order valence-electron chi connectivity index (χ0n) is 15.7. The summed E-state index contributed by atoms with van der Waals surface area (Å²) in [7, 11) is 1.73.